The molecule has 0 bridgehead atoms. The Hall–Kier alpha value is -3.52. The number of nitrogens with zero attached hydrogens (tertiary/aromatic N) is 2. The summed E-state index contributed by atoms with van der Waals surface area (Å²) in [5, 5.41) is 0. The van der Waals surface area contributed by atoms with E-state index in [4.69, 9.17) is 9.47 Å². The Morgan fingerprint density at radius 1 is 1.06 bits per heavy atom. The van der Waals surface area contributed by atoms with E-state index in [0.29, 0.717) is 37.6 Å². The Kier molecular flexibility index (Phi) is 6.79. The number of hydrogen-bond donors (Lipinski definition) is 0. The Morgan fingerprint density at radius 3 is 2.62 bits per heavy atom. The molecule has 1 aliphatic heterocycles. The molecule has 0 saturated heterocycles. The van der Waals surface area contributed by atoms with Crippen molar-refractivity contribution in [2.45, 2.75) is 18.2 Å². The average Bonchev–Trinajstić information content (AvgIpc) is 3.28. The van der Waals surface area contributed by atoms with Crippen LogP contribution in [-0.2, 0) is 16.4 Å². The molecule has 1 aliphatic rings. The van der Waals surface area contributed by atoms with Gasteiger partial charge in [0.05, 0.1) is 29.8 Å². The van der Waals surface area contributed by atoms with Gasteiger partial charge in [-0.25, -0.2) is 8.42 Å². The predicted molar refractivity (Wildman–Crippen MR) is 131 cm³/mol. The smallest absolute Gasteiger partial charge is 0.264 e. The van der Waals surface area contributed by atoms with Crippen LogP contribution in [0.15, 0.2) is 71.6 Å². The number of benzene rings is 3. The topological polar surface area (TPSA) is 76.2 Å². The first-order chi connectivity index (χ1) is 16.3. The maximum atomic E-state index is 13.4. The van der Waals surface area contributed by atoms with E-state index in [9.17, 15) is 13.2 Å². The number of methoxy groups -OCH3 is 1. The third-order valence-corrected chi connectivity index (χ3v) is 7.67. The van der Waals surface area contributed by atoms with Crippen LogP contribution < -0.4 is 13.8 Å². The first-order valence-corrected chi connectivity index (χ1v) is 12.5. The zero-order chi connectivity index (χ0) is 24.3. The van der Waals surface area contributed by atoms with Gasteiger partial charge in [-0.3, -0.25) is 9.10 Å². The lowest BCUT2D eigenvalue weighted by molar-refractivity contribution is 0.0770. The first kappa shape index (κ1) is 23.6. The maximum Gasteiger partial charge on any atom is 0.264 e. The number of aryl methyl sites for hydroxylation is 1. The van der Waals surface area contributed by atoms with Crippen LogP contribution in [0.3, 0.4) is 0 Å². The van der Waals surface area contributed by atoms with Gasteiger partial charge >= 0.3 is 0 Å². The summed E-state index contributed by atoms with van der Waals surface area (Å²) in [4.78, 5) is 14.8. The number of rotatable bonds is 8. The second-order valence-electron chi connectivity index (χ2n) is 8.21. The van der Waals surface area contributed by atoms with Crippen LogP contribution in [0, 0.1) is 6.92 Å². The van der Waals surface area contributed by atoms with Gasteiger partial charge in [0.25, 0.3) is 15.9 Å². The highest BCUT2D eigenvalue weighted by Crippen LogP contribution is 2.34. The molecule has 0 atom stereocenters. The van der Waals surface area contributed by atoms with Gasteiger partial charge in [-0.05, 0) is 60.9 Å². The van der Waals surface area contributed by atoms with E-state index in [0.717, 1.165) is 16.9 Å². The second-order valence-corrected chi connectivity index (χ2v) is 10.1. The molecule has 0 spiro atoms. The van der Waals surface area contributed by atoms with Crippen molar-refractivity contribution in [3.8, 4) is 11.5 Å². The predicted octanol–water partition coefficient (Wildman–Crippen LogP) is 3.91. The number of ether oxygens (including phenoxy) is 2. The number of fused-ring (bicyclic) bond motifs is 1. The largest absolute Gasteiger partial charge is 0.496 e. The molecule has 0 aliphatic carbocycles. The van der Waals surface area contributed by atoms with E-state index < -0.39 is 10.0 Å². The number of para-hydroxylation sites is 1. The molecule has 3 aromatic carbocycles. The molecule has 0 N–H and O–H groups in total. The standard InChI is InChI=1S/C26H28N2O5S/c1-19-7-6-9-21(17-19)33-16-15-27(2)26(29)23-18-22(11-12-25(23)32-3)34(30,31)28-14-13-20-8-4-5-10-24(20)28/h4-12,17-18H,13-16H2,1-3H3. The third-order valence-electron chi connectivity index (χ3n) is 5.87. The molecule has 178 valence electrons. The number of carbonyl (C=O) groups excluding carboxylic acids is 1. The van der Waals surface area contributed by atoms with Crippen LogP contribution in [0.4, 0.5) is 5.69 Å². The van der Waals surface area contributed by atoms with Crippen LogP contribution in [0.25, 0.3) is 0 Å². The molecule has 7 nitrogen and oxygen atoms in total. The number of anilines is 1. The molecule has 1 amide bonds. The fraction of sp³-hybridized carbons (Fsp3) is 0.269. The molecule has 3 aromatic rings. The number of sulfonamides is 1. The van der Waals surface area contributed by atoms with Crippen LogP contribution in [0.2, 0.25) is 0 Å². The zero-order valence-electron chi connectivity index (χ0n) is 19.5. The zero-order valence-corrected chi connectivity index (χ0v) is 20.3. The van der Waals surface area contributed by atoms with E-state index in [2.05, 4.69) is 0 Å². The molecular formula is C26H28N2O5S. The van der Waals surface area contributed by atoms with E-state index >= 15 is 0 Å². The molecule has 0 fully saturated rings. The number of hydrogen-bond acceptors (Lipinski definition) is 5. The molecule has 0 aromatic heterocycles. The molecule has 0 saturated carbocycles. The van der Waals surface area contributed by atoms with Crippen LogP contribution >= 0.6 is 0 Å². The fourth-order valence-corrected chi connectivity index (χ4v) is 5.54. The molecular weight excluding hydrogens is 452 g/mol. The molecule has 1 heterocycles. The van der Waals surface area contributed by atoms with E-state index in [-0.39, 0.29) is 16.4 Å². The molecule has 0 unspecified atom stereocenters. The van der Waals surface area contributed by atoms with Crippen molar-refractivity contribution in [3.63, 3.8) is 0 Å². The van der Waals surface area contributed by atoms with E-state index in [1.54, 1.807) is 13.1 Å². The van der Waals surface area contributed by atoms with Gasteiger partial charge in [0.2, 0.25) is 0 Å². The van der Waals surface area contributed by atoms with Crippen molar-refractivity contribution in [2.24, 2.45) is 0 Å². The lowest BCUT2D eigenvalue weighted by Gasteiger charge is -2.22. The van der Waals surface area contributed by atoms with Crippen molar-refractivity contribution >= 4 is 21.6 Å². The molecule has 8 heteroatoms. The average molecular weight is 481 g/mol. The summed E-state index contributed by atoms with van der Waals surface area (Å²) in [6, 6.07) is 19.5. The fourth-order valence-electron chi connectivity index (χ4n) is 4.01. The van der Waals surface area contributed by atoms with Crippen LogP contribution in [0.1, 0.15) is 21.5 Å². The van der Waals surface area contributed by atoms with Crippen molar-refractivity contribution in [3.05, 3.63) is 83.4 Å². The van der Waals surface area contributed by atoms with E-state index in [1.807, 2.05) is 49.4 Å². The minimum Gasteiger partial charge on any atom is -0.496 e. The molecule has 0 radical (unpaired) electrons. The van der Waals surface area contributed by atoms with Crippen molar-refractivity contribution in [1.82, 2.24) is 4.90 Å². The monoisotopic (exact) mass is 480 g/mol. The summed E-state index contributed by atoms with van der Waals surface area (Å²) in [5.41, 5.74) is 2.94. The Morgan fingerprint density at radius 2 is 1.85 bits per heavy atom. The Balaban J connectivity index is 1.53. The van der Waals surface area contributed by atoms with Crippen molar-refractivity contribution in [2.75, 3.05) is 38.2 Å². The van der Waals surface area contributed by atoms with Crippen LogP contribution in [-0.4, -0.2) is 53.1 Å². The van der Waals surface area contributed by atoms with Gasteiger partial charge in [-0.15, -0.1) is 0 Å². The van der Waals surface area contributed by atoms with Crippen LogP contribution in [0.5, 0.6) is 11.5 Å². The van der Waals surface area contributed by atoms with Gasteiger partial charge in [0, 0.05) is 13.6 Å². The van der Waals surface area contributed by atoms with E-state index in [1.165, 1.54) is 34.5 Å². The van der Waals surface area contributed by atoms with Crippen molar-refractivity contribution in [1.29, 1.82) is 0 Å². The summed E-state index contributed by atoms with van der Waals surface area (Å²) in [6.07, 6.45) is 0.654. The van der Waals surface area contributed by atoms with Gasteiger partial charge < -0.3 is 14.4 Å². The maximum absolute atomic E-state index is 13.4. The van der Waals surface area contributed by atoms with Gasteiger partial charge in [0.15, 0.2) is 0 Å². The SMILES string of the molecule is COc1ccc(S(=O)(=O)N2CCc3ccccc32)cc1C(=O)N(C)CCOc1cccc(C)c1. The highest BCUT2D eigenvalue weighted by molar-refractivity contribution is 7.92. The highest BCUT2D eigenvalue weighted by atomic mass is 32.2. The molecule has 4 rings (SSSR count). The summed E-state index contributed by atoms with van der Waals surface area (Å²) in [7, 11) is -0.725. The lowest BCUT2D eigenvalue weighted by atomic mass is 10.1. The Labute approximate surface area is 200 Å². The van der Waals surface area contributed by atoms with Gasteiger partial charge in [-0.1, -0.05) is 30.3 Å². The third kappa shape index (κ3) is 4.72. The quantitative estimate of drug-likeness (QED) is 0.489. The lowest BCUT2D eigenvalue weighted by Crippen LogP contribution is -2.32. The summed E-state index contributed by atoms with van der Waals surface area (Å²) < 4.78 is 39.4. The summed E-state index contributed by atoms with van der Waals surface area (Å²) in [6.45, 7) is 2.98. The minimum atomic E-state index is -3.83. The molecule has 34 heavy (non-hydrogen) atoms. The highest BCUT2D eigenvalue weighted by Gasteiger charge is 2.32. The Bertz CT molecular complexity index is 1310. The minimum absolute atomic E-state index is 0.0535. The number of carbonyl (C=O) groups is 1. The first-order valence-electron chi connectivity index (χ1n) is 11.0. The van der Waals surface area contributed by atoms with Crippen molar-refractivity contribution < 1.29 is 22.7 Å². The van der Waals surface area contributed by atoms with Gasteiger partial charge in [0.1, 0.15) is 18.1 Å². The second kappa shape index (κ2) is 9.77. The number of amides is 1. The van der Waals surface area contributed by atoms with Gasteiger partial charge in [-0.2, -0.15) is 0 Å². The normalized spacial score (nSPS) is 12.9. The summed E-state index contributed by atoms with van der Waals surface area (Å²) in [5.74, 6) is 0.707. The number of likely N-dealkylation sites (N-methyl/N-ethyl adjacent to an activating group) is 1. The summed E-state index contributed by atoms with van der Waals surface area (Å²) >= 11 is 0.